The minimum atomic E-state index is -0.234. The number of rotatable bonds is 5. The summed E-state index contributed by atoms with van der Waals surface area (Å²) in [4.78, 5) is 25.3. The highest BCUT2D eigenvalue weighted by Gasteiger charge is 2.32. The van der Waals surface area contributed by atoms with Gasteiger partial charge in [-0.3, -0.25) is 4.79 Å². The maximum absolute atomic E-state index is 12.5. The Balaban J connectivity index is 1.69. The van der Waals surface area contributed by atoms with Crippen molar-refractivity contribution >= 4 is 17.7 Å². The van der Waals surface area contributed by atoms with Crippen LogP contribution in [-0.4, -0.2) is 42.6 Å². The molecular formula is C16H21N5O2. The predicted molar refractivity (Wildman–Crippen MR) is 87.3 cm³/mol. The van der Waals surface area contributed by atoms with E-state index in [2.05, 4.69) is 15.3 Å². The van der Waals surface area contributed by atoms with Gasteiger partial charge in [0.1, 0.15) is 17.6 Å². The van der Waals surface area contributed by atoms with E-state index in [1.807, 2.05) is 42.1 Å². The van der Waals surface area contributed by atoms with Crippen LogP contribution in [0.25, 0.3) is 0 Å². The first-order chi connectivity index (χ1) is 11.1. The summed E-state index contributed by atoms with van der Waals surface area (Å²) in [5, 5.41) is 2.92. The van der Waals surface area contributed by atoms with Crippen LogP contribution in [0.5, 0.6) is 0 Å². The lowest BCUT2D eigenvalue weighted by molar-refractivity contribution is -0.122. The molecule has 3 heterocycles. The summed E-state index contributed by atoms with van der Waals surface area (Å²) in [6, 6.07) is 5.27. The number of nitrogens with zero attached hydrogens (tertiary/aromatic N) is 4. The summed E-state index contributed by atoms with van der Waals surface area (Å²) in [6.07, 6.45) is 5.09. The molecule has 0 unspecified atom stereocenters. The monoisotopic (exact) mass is 315 g/mol. The third-order valence-electron chi connectivity index (χ3n) is 3.92. The fourth-order valence-electron chi connectivity index (χ4n) is 2.71. The van der Waals surface area contributed by atoms with Crippen molar-refractivity contribution in [3.63, 3.8) is 0 Å². The van der Waals surface area contributed by atoms with E-state index >= 15 is 0 Å². The highest BCUT2D eigenvalue weighted by Crippen LogP contribution is 2.23. The first-order valence-electron chi connectivity index (χ1n) is 7.72. The van der Waals surface area contributed by atoms with Crippen molar-refractivity contribution in [3.05, 3.63) is 36.4 Å². The van der Waals surface area contributed by atoms with Crippen LogP contribution in [0.1, 0.15) is 18.6 Å². The summed E-state index contributed by atoms with van der Waals surface area (Å²) in [5.41, 5.74) is 0. The third kappa shape index (κ3) is 3.44. The van der Waals surface area contributed by atoms with Gasteiger partial charge in [-0.15, -0.1) is 0 Å². The molecule has 1 atom stereocenters. The summed E-state index contributed by atoms with van der Waals surface area (Å²) >= 11 is 0. The fourth-order valence-corrected chi connectivity index (χ4v) is 2.71. The average molecular weight is 315 g/mol. The highest BCUT2D eigenvalue weighted by molar-refractivity contribution is 5.85. The molecule has 0 bridgehead atoms. The minimum Gasteiger partial charge on any atom is -0.467 e. The smallest absolute Gasteiger partial charge is 0.243 e. The number of carbonyl (C=O) groups is 1. The molecule has 1 fully saturated rings. The van der Waals surface area contributed by atoms with E-state index in [-0.39, 0.29) is 11.9 Å². The Morgan fingerprint density at radius 1 is 1.48 bits per heavy atom. The Morgan fingerprint density at radius 2 is 2.35 bits per heavy atom. The van der Waals surface area contributed by atoms with Gasteiger partial charge in [0.05, 0.1) is 12.8 Å². The van der Waals surface area contributed by atoms with Crippen molar-refractivity contribution in [1.82, 2.24) is 15.3 Å². The van der Waals surface area contributed by atoms with Crippen molar-refractivity contribution in [2.45, 2.75) is 25.4 Å². The standard InChI is InChI=1S/C16H21N5O2/c1-20(2)14-7-8-17-16(19-14)21-9-3-6-13(21)15(22)18-11-12-5-4-10-23-12/h4-5,7-8,10,13H,3,6,9,11H2,1-2H3,(H,18,22)/t13-/m0/s1. The minimum absolute atomic E-state index is 0.0160. The summed E-state index contributed by atoms with van der Waals surface area (Å²) in [7, 11) is 3.87. The van der Waals surface area contributed by atoms with Crippen LogP contribution in [-0.2, 0) is 11.3 Å². The molecule has 1 amide bonds. The zero-order chi connectivity index (χ0) is 16.2. The van der Waals surface area contributed by atoms with Crippen LogP contribution in [0.2, 0.25) is 0 Å². The normalized spacial score (nSPS) is 17.3. The second-order valence-corrected chi connectivity index (χ2v) is 5.76. The van der Waals surface area contributed by atoms with Gasteiger partial charge in [-0.05, 0) is 31.0 Å². The molecule has 0 spiro atoms. The Hall–Kier alpha value is -2.57. The summed E-state index contributed by atoms with van der Waals surface area (Å²) in [6.45, 7) is 1.19. The van der Waals surface area contributed by atoms with E-state index in [1.165, 1.54) is 0 Å². The number of amides is 1. The van der Waals surface area contributed by atoms with Crippen LogP contribution >= 0.6 is 0 Å². The molecule has 7 nitrogen and oxygen atoms in total. The quantitative estimate of drug-likeness (QED) is 0.899. The third-order valence-corrected chi connectivity index (χ3v) is 3.92. The van der Waals surface area contributed by atoms with Crippen molar-refractivity contribution in [2.24, 2.45) is 0 Å². The van der Waals surface area contributed by atoms with Crippen LogP contribution in [0.15, 0.2) is 35.1 Å². The Bertz CT molecular complexity index is 656. The molecule has 1 aliphatic heterocycles. The van der Waals surface area contributed by atoms with Crippen molar-refractivity contribution < 1.29 is 9.21 Å². The summed E-state index contributed by atoms with van der Waals surface area (Å²) in [5.74, 6) is 2.16. The maximum atomic E-state index is 12.5. The van der Waals surface area contributed by atoms with E-state index in [0.717, 1.165) is 31.0 Å². The van der Waals surface area contributed by atoms with E-state index < -0.39 is 0 Å². The summed E-state index contributed by atoms with van der Waals surface area (Å²) < 4.78 is 5.24. The van der Waals surface area contributed by atoms with Gasteiger partial charge in [0, 0.05) is 26.8 Å². The Morgan fingerprint density at radius 3 is 3.09 bits per heavy atom. The second-order valence-electron chi connectivity index (χ2n) is 5.76. The molecule has 0 radical (unpaired) electrons. The highest BCUT2D eigenvalue weighted by atomic mass is 16.3. The van der Waals surface area contributed by atoms with Crippen molar-refractivity contribution in [1.29, 1.82) is 0 Å². The molecule has 23 heavy (non-hydrogen) atoms. The molecule has 0 saturated carbocycles. The topological polar surface area (TPSA) is 74.5 Å². The van der Waals surface area contributed by atoms with Crippen molar-refractivity contribution in [3.8, 4) is 0 Å². The molecule has 0 aromatic carbocycles. The van der Waals surface area contributed by atoms with E-state index in [4.69, 9.17) is 4.42 Å². The Labute approximate surface area is 135 Å². The number of aromatic nitrogens is 2. The van der Waals surface area contributed by atoms with Gasteiger partial charge in [-0.25, -0.2) is 4.98 Å². The molecule has 122 valence electrons. The predicted octanol–water partition coefficient (Wildman–Crippen LogP) is 1.42. The molecule has 0 aliphatic carbocycles. The van der Waals surface area contributed by atoms with Gasteiger partial charge < -0.3 is 19.5 Å². The number of hydrogen-bond acceptors (Lipinski definition) is 6. The lowest BCUT2D eigenvalue weighted by Crippen LogP contribution is -2.43. The van der Waals surface area contributed by atoms with Crippen LogP contribution in [0, 0.1) is 0 Å². The number of carbonyl (C=O) groups excluding carboxylic acids is 1. The van der Waals surface area contributed by atoms with Gasteiger partial charge in [0.15, 0.2) is 0 Å². The first-order valence-corrected chi connectivity index (χ1v) is 7.72. The zero-order valence-corrected chi connectivity index (χ0v) is 13.4. The van der Waals surface area contributed by atoms with Gasteiger partial charge in [-0.2, -0.15) is 4.98 Å². The van der Waals surface area contributed by atoms with Crippen LogP contribution < -0.4 is 15.1 Å². The molecule has 2 aromatic rings. The zero-order valence-electron chi connectivity index (χ0n) is 13.4. The fraction of sp³-hybridized carbons (Fsp3) is 0.438. The van der Waals surface area contributed by atoms with E-state index in [9.17, 15) is 4.79 Å². The molecule has 3 rings (SSSR count). The van der Waals surface area contributed by atoms with E-state index in [1.54, 1.807) is 12.5 Å². The van der Waals surface area contributed by atoms with Gasteiger partial charge in [0.2, 0.25) is 11.9 Å². The lowest BCUT2D eigenvalue weighted by atomic mass is 10.2. The van der Waals surface area contributed by atoms with Gasteiger partial charge in [-0.1, -0.05) is 0 Å². The first kappa shape index (κ1) is 15.3. The molecule has 7 heteroatoms. The van der Waals surface area contributed by atoms with Gasteiger partial charge >= 0.3 is 0 Å². The van der Waals surface area contributed by atoms with E-state index in [0.29, 0.717) is 12.5 Å². The molecular weight excluding hydrogens is 294 g/mol. The number of hydrogen-bond donors (Lipinski definition) is 1. The lowest BCUT2D eigenvalue weighted by Gasteiger charge is -2.24. The molecule has 1 aliphatic rings. The molecule has 1 saturated heterocycles. The van der Waals surface area contributed by atoms with Crippen molar-refractivity contribution in [2.75, 3.05) is 30.4 Å². The number of anilines is 2. The SMILES string of the molecule is CN(C)c1ccnc(N2CCC[C@H]2C(=O)NCc2ccco2)n1. The number of furan rings is 1. The number of nitrogens with one attached hydrogen (secondary N) is 1. The van der Waals surface area contributed by atoms with Gasteiger partial charge in [0.25, 0.3) is 0 Å². The average Bonchev–Trinajstić information content (AvgIpc) is 3.24. The Kier molecular flexibility index (Phi) is 4.45. The molecule has 1 N–H and O–H groups in total. The largest absolute Gasteiger partial charge is 0.467 e. The van der Waals surface area contributed by atoms with Crippen LogP contribution in [0.4, 0.5) is 11.8 Å². The van der Waals surface area contributed by atoms with Crippen LogP contribution in [0.3, 0.4) is 0 Å². The second kappa shape index (κ2) is 6.68. The maximum Gasteiger partial charge on any atom is 0.243 e. The molecule has 2 aromatic heterocycles.